The fourth-order valence-electron chi connectivity index (χ4n) is 2.95. The highest BCUT2D eigenvalue weighted by molar-refractivity contribution is 14.0. The van der Waals surface area contributed by atoms with E-state index in [2.05, 4.69) is 25.3 Å². The zero-order chi connectivity index (χ0) is 19.5. The summed E-state index contributed by atoms with van der Waals surface area (Å²) in [7, 11) is 3.16. The fourth-order valence-corrected chi connectivity index (χ4v) is 2.95. The fraction of sp³-hybridized carbons (Fsp3) is 0.500. The summed E-state index contributed by atoms with van der Waals surface area (Å²) >= 11 is 0. The van der Waals surface area contributed by atoms with Crippen molar-refractivity contribution in [2.45, 2.75) is 38.5 Å². The van der Waals surface area contributed by atoms with Crippen LogP contribution in [0.4, 0.5) is 4.39 Å². The van der Waals surface area contributed by atoms with Crippen molar-refractivity contribution in [3.8, 4) is 0 Å². The maximum absolute atomic E-state index is 13.4. The zero-order valence-electron chi connectivity index (χ0n) is 16.5. The maximum atomic E-state index is 13.4. The molecule has 3 N–H and O–H groups in total. The number of fused-ring (bicyclic) bond motifs is 1. The van der Waals surface area contributed by atoms with Gasteiger partial charge in [0.1, 0.15) is 5.82 Å². The second-order valence-electron chi connectivity index (χ2n) is 6.42. The molecule has 0 saturated heterocycles. The smallest absolute Gasteiger partial charge is 0.305 e. The van der Waals surface area contributed by atoms with Crippen LogP contribution in [0.15, 0.2) is 29.4 Å². The number of benzene rings is 1. The number of aliphatic imine (C=N–C) groups is 1. The van der Waals surface area contributed by atoms with Crippen molar-refractivity contribution in [1.82, 2.24) is 15.6 Å². The van der Waals surface area contributed by atoms with Gasteiger partial charge < -0.3 is 20.4 Å². The number of ether oxygens (including phenoxy) is 1. The third kappa shape index (κ3) is 8.04. The molecule has 0 saturated carbocycles. The third-order valence-electron chi connectivity index (χ3n) is 4.47. The Morgan fingerprint density at radius 3 is 2.68 bits per heavy atom. The van der Waals surface area contributed by atoms with E-state index in [1.54, 1.807) is 19.2 Å². The highest BCUT2D eigenvalue weighted by Crippen LogP contribution is 2.19. The molecule has 0 fully saturated rings. The molecule has 0 amide bonds. The molecule has 1 heterocycles. The number of methoxy groups -OCH3 is 1. The van der Waals surface area contributed by atoms with E-state index in [0.29, 0.717) is 13.0 Å². The summed E-state index contributed by atoms with van der Waals surface area (Å²) in [4.78, 5) is 18.4. The zero-order valence-corrected chi connectivity index (χ0v) is 18.8. The molecule has 2 rings (SSSR count). The van der Waals surface area contributed by atoms with E-state index in [4.69, 9.17) is 0 Å². The second-order valence-corrected chi connectivity index (χ2v) is 6.42. The Labute approximate surface area is 182 Å². The predicted molar refractivity (Wildman–Crippen MR) is 122 cm³/mol. The average molecular weight is 504 g/mol. The van der Waals surface area contributed by atoms with Crippen LogP contribution in [-0.4, -0.2) is 44.2 Å². The van der Waals surface area contributed by atoms with Crippen molar-refractivity contribution < 1.29 is 13.9 Å². The maximum Gasteiger partial charge on any atom is 0.305 e. The van der Waals surface area contributed by atoms with Crippen LogP contribution in [0.3, 0.4) is 0 Å². The Morgan fingerprint density at radius 1 is 1.18 bits per heavy atom. The number of esters is 1. The highest BCUT2D eigenvalue weighted by Gasteiger charge is 2.05. The number of aromatic nitrogens is 1. The summed E-state index contributed by atoms with van der Waals surface area (Å²) in [5.41, 5.74) is 2.03. The quantitative estimate of drug-likeness (QED) is 0.152. The Morgan fingerprint density at radius 2 is 1.93 bits per heavy atom. The number of nitrogens with zero attached hydrogens (tertiary/aromatic N) is 1. The number of carbonyl (C=O) groups excluding carboxylic acids is 1. The minimum Gasteiger partial charge on any atom is -0.469 e. The van der Waals surface area contributed by atoms with Crippen LogP contribution in [0.2, 0.25) is 0 Å². The molecule has 0 unspecified atom stereocenters. The number of rotatable bonds is 10. The summed E-state index contributed by atoms with van der Waals surface area (Å²) in [6.07, 6.45) is 7.15. The van der Waals surface area contributed by atoms with Crippen molar-refractivity contribution in [2.24, 2.45) is 4.99 Å². The van der Waals surface area contributed by atoms with Crippen LogP contribution in [0.1, 0.15) is 37.7 Å². The first kappa shape index (κ1) is 24.2. The molecule has 156 valence electrons. The lowest BCUT2D eigenvalue weighted by Crippen LogP contribution is -2.38. The molecule has 1 aromatic carbocycles. The van der Waals surface area contributed by atoms with Gasteiger partial charge in [-0.25, -0.2) is 4.39 Å². The molecule has 0 aliphatic rings. The Kier molecular flexibility index (Phi) is 11.5. The summed E-state index contributed by atoms with van der Waals surface area (Å²) in [5, 5.41) is 7.49. The Hall–Kier alpha value is -1.84. The first-order chi connectivity index (χ1) is 13.1. The van der Waals surface area contributed by atoms with E-state index in [9.17, 15) is 9.18 Å². The van der Waals surface area contributed by atoms with Gasteiger partial charge in [0.2, 0.25) is 0 Å². The second kappa shape index (κ2) is 13.4. The molecule has 0 aliphatic carbocycles. The van der Waals surface area contributed by atoms with Crippen molar-refractivity contribution in [3.63, 3.8) is 0 Å². The van der Waals surface area contributed by atoms with Gasteiger partial charge in [0, 0.05) is 43.7 Å². The summed E-state index contributed by atoms with van der Waals surface area (Å²) in [5.74, 6) is 0.395. The molecule has 0 atom stereocenters. The van der Waals surface area contributed by atoms with Gasteiger partial charge in [0.25, 0.3) is 0 Å². The van der Waals surface area contributed by atoms with Crippen LogP contribution in [0.5, 0.6) is 0 Å². The molecule has 0 aliphatic heterocycles. The number of guanidine groups is 1. The number of unbranched alkanes of at least 4 members (excludes halogenated alkanes) is 3. The molecule has 0 radical (unpaired) electrons. The van der Waals surface area contributed by atoms with E-state index in [0.717, 1.165) is 61.1 Å². The van der Waals surface area contributed by atoms with Gasteiger partial charge in [0.05, 0.1) is 7.11 Å². The van der Waals surface area contributed by atoms with E-state index < -0.39 is 0 Å². The summed E-state index contributed by atoms with van der Waals surface area (Å²) in [6.45, 7) is 1.54. The van der Waals surface area contributed by atoms with E-state index >= 15 is 0 Å². The lowest BCUT2D eigenvalue weighted by molar-refractivity contribution is -0.140. The number of halogens is 2. The molecule has 1 aromatic heterocycles. The van der Waals surface area contributed by atoms with Gasteiger partial charge in [-0.3, -0.25) is 9.79 Å². The van der Waals surface area contributed by atoms with Gasteiger partial charge in [-0.2, -0.15) is 0 Å². The number of hydrogen-bond acceptors (Lipinski definition) is 3. The standard InChI is InChI=1S/C20H29FN4O2.HI/c1-22-20(23-11-6-4-3-5-7-19(26)27-2)24-12-10-15-14-25-18-9-8-16(21)13-17(15)18;/h8-9,13-14,25H,3-7,10-12H2,1-2H3,(H2,22,23,24);1H. The molecule has 28 heavy (non-hydrogen) atoms. The Balaban J connectivity index is 0.00000392. The molecule has 0 spiro atoms. The first-order valence-corrected chi connectivity index (χ1v) is 9.41. The number of H-pyrrole nitrogens is 1. The Bertz CT molecular complexity index is 764. The average Bonchev–Trinajstić information content (AvgIpc) is 3.07. The van der Waals surface area contributed by atoms with Crippen molar-refractivity contribution in [2.75, 3.05) is 27.2 Å². The van der Waals surface area contributed by atoms with Gasteiger partial charge >= 0.3 is 5.97 Å². The normalized spacial score (nSPS) is 11.2. The van der Waals surface area contributed by atoms with Crippen molar-refractivity contribution >= 4 is 46.8 Å². The number of hydrogen-bond donors (Lipinski definition) is 3. The predicted octanol–water partition coefficient (Wildman–Crippen LogP) is 3.76. The lowest BCUT2D eigenvalue weighted by Gasteiger charge is -2.11. The number of aromatic amines is 1. The lowest BCUT2D eigenvalue weighted by atomic mass is 10.1. The molecule has 6 nitrogen and oxygen atoms in total. The van der Waals surface area contributed by atoms with Crippen LogP contribution in [0.25, 0.3) is 10.9 Å². The minimum absolute atomic E-state index is 0. The van der Waals surface area contributed by atoms with Gasteiger partial charge in [-0.1, -0.05) is 12.8 Å². The van der Waals surface area contributed by atoms with Crippen LogP contribution in [0, 0.1) is 5.82 Å². The van der Waals surface area contributed by atoms with Gasteiger partial charge in [0.15, 0.2) is 5.96 Å². The molecule has 2 aromatic rings. The third-order valence-corrected chi connectivity index (χ3v) is 4.47. The van der Waals surface area contributed by atoms with Crippen LogP contribution >= 0.6 is 24.0 Å². The summed E-state index contributed by atoms with van der Waals surface area (Å²) in [6, 6.07) is 4.78. The first-order valence-electron chi connectivity index (χ1n) is 9.41. The van der Waals surface area contributed by atoms with Gasteiger partial charge in [-0.05, 0) is 43.0 Å². The van der Waals surface area contributed by atoms with Gasteiger partial charge in [-0.15, -0.1) is 24.0 Å². The SMILES string of the molecule is CN=C(NCCCCCCC(=O)OC)NCCc1c[nH]c2ccc(F)cc12.I. The van der Waals surface area contributed by atoms with Crippen molar-refractivity contribution in [3.05, 3.63) is 35.8 Å². The summed E-state index contributed by atoms with van der Waals surface area (Å²) < 4.78 is 18.0. The number of nitrogens with one attached hydrogen (secondary N) is 3. The molecule has 0 bridgehead atoms. The minimum atomic E-state index is -0.222. The largest absolute Gasteiger partial charge is 0.469 e. The molecular formula is C20H30FIN4O2. The van der Waals surface area contributed by atoms with Crippen molar-refractivity contribution in [1.29, 1.82) is 0 Å². The van der Waals surface area contributed by atoms with E-state index in [1.165, 1.54) is 13.2 Å². The topological polar surface area (TPSA) is 78.5 Å². The monoisotopic (exact) mass is 504 g/mol. The highest BCUT2D eigenvalue weighted by atomic mass is 127. The number of carbonyl (C=O) groups is 1. The van der Waals surface area contributed by atoms with E-state index in [-0.39, 0.29) is 35.8 Å². The molecular weight excluding hydrogens is 474 g/mol. The van der Waals surface area contributed by atoms with Crippen LogP contribution < -0.4 is 10.6 Å². The van der Waals surface area contributed by atoms with E-state index in [1.807, 2.05) is 6.20 Å². The van der Waals surface area contributed by atoms with Crippen LogP contribution in [-0.2, 0) is 16.0 Å². The molecule has 8 heteroatoms.